The first-order chi connectivity index (χ1) is 8.76. The molecule has 1 aromatic carbocycles. The Kier molecular flexibility index (Phi) is 3.89. The highest BCUT2D eigenvalue weighted by atomic mass is 32.2. The third-order valence-electron chi connectivity index (χ3n) is 2.79. The van der Waals surface area contributed by atoms with Crippen LogP contribution in [0.25, 0.3) is 0 Å². The number of hydrogen-bond donors (Lipinski definition) is 2. The van der Waals surface area contributed by atoms with Crippen molar-refractivity contribution in [3.8, 4) is 0 Å². The molecule has 1 aliphatic rings. The van der Waals surface area contributed by atoms with E-state index in [1.807, 2.05) is 0 Å². The van der Waals surface area contributed by atoms with E-state index in [1.54, 1.807) is 23.9 Å². The van der Waals surface area contributed by atoms with Crippen molar-refractivity contribution in [3.63, 3.8) is 0 Å². The van der Waals surface area contributed by atoms with Crippen LogP contribution in [0, 0.1) is 0 Å². The van der Waals surface area contributed by atoms with Crippen molar-refractivity contribution >= 4 is 32.6 Å². The van der Waals surface area contributed by atoms with E-state index >= 15 is 0 Å². The van der Waals surface area contributed by atoms with Gasteiger partial charge in [-0.05, 0) is 44.5 Å². The Balaban J connectivity index is 2.15. The summed E-state index contributed by atoms with van der Waals surface area (Å²) in [5, 5.41) is 9.10. The van der Waals surface area contributed by atoms with Crippen LogP contribution in [-0.4, -0.2) is 24.9 Å². The van der Waals surface area contributed by atoms with Crippen LogP contribution < -0.4 is 10.5 Å². The molecule has 1 heterocycles. The molecule has 1 aromatic rings. The third kappa shape index (κ3) is 3.95. The zero-order valence-corrected chi connectivity index (χ0v) is 12.5. The van der Waals surface area contributed by atoms with Gasteiger partial charge in [0.2, 0.25) is 10.0 Å². The van der Waals surface area contributed by atoms with E-state index in [4.69, 9.17) is 5.14 Å². The van der Waals surface area contributed by atoms with Gasteiger partial charge in [-0.15, -0.1) is 0 Å². The summed E-state index contributed by atoms with van der Waals surface area (Å²) in [6, 6.07) is 6.34. The number of primary sulfonamides is 1. The van der Waals surface area contributed by atoms with Crippen LogP contribution >= 0.6 is 11.8 Å². The quantitative estimate of drug-likeness (QED) is 0.875. The molecule has 7 heteroatoms. The average Bonchev–Trinajstić information content (AvgIpc) is 2.27. The van der Waals surface area contributed by atoms with Crippen LogP contribution in [0.2, 0.25) is 0 Å². The second-order valence-electron chi connectivity index (χ2n) is 5.02. The molecule has 0 atom stereocenters. The summed E-state index contributed by atoms with van der Waals surface area (Å²) < 4.78 is 22.3. The number of nitrogens with one attached hydrogen (secondary N) is 1. The highest BCUT2D eigenvalue weighted by Crippen LogP contribution is 2.26. The molecule has 0 saturated carbocycles. The summed E-state index contributed by atoms with van der Waals surface area (Å²) in [5.74, 6) is 1.02. The highest BCUT2D eigenvalue weighted by molar-refractivity contribution is 8.14. The van der Waals surface area contributed by atoms with Gasteiger partial charge in [0, 0.05) is 11.4 Å². The second kappa shape index (κ2) is 5.15. The fraction of sp³-hybridized carbons (Fsp3) is 0.417. The molecule has 0 radical (unpaired) electrons. The minimum atomic E-state index is -3.63. The van der Waals surface area contributed by atoms with Crippen molar-refractivity contribution in [3.05, 3.63) is 24.3 Å². The van der Waals surface area contributed by atoms with Gasteiger partial charge < -0.3 is 5.32 Å². The number of nitrogens with two attached hydrogens (primary N) is 1. The highest BCUT2D eigenvalue weighted by Gasteiger charge is 2.22. The van der Waals surface area contributed by atoms with Crippen molar-refractivity contribution in [2.75, 3.05) is 11.1 Å². The molecule has 5 nitrogen and oxygen atoms in total. The Morgan fingerprint density at radius 1 is 1.32 bits per heavy atom. The Hall–Kier alpha value is -1.05. The summed E-state index contributed by atoms with van der Waals surface area (Å²) in [4.78, 5) is 4.71. The fourth-order valence-corrected chi connectivity index (χ4v) is 3.49. The average molecular weight is 299 g/mol. The summed E-state index contributed by atoms with van der Waals surface area (Å²) in [6.45, 7) is 4.19. The molecule has 19 heavy (non-hydrogen) atoms. The molecular formula is C12H17N3O2S2. The number of anilines is 1. The molecule has 0 aliphatic carbocycles. The maximum absolute atomic E-state index is 11.1. The molecule has 3 N–H and O–H groups in total. The third-order valence-corrected chi connectivity index (χ3v) is 4.60. The summed E-state index contributed by atoms with van der Waals surface area (Å²) in [6.07, 6.45) is 1.05. The Morgan fingerprint density at radius 2 is 1.95 bits per heavy atom. The van der Waals surface area contributed by atoms with E-state index in [0.29, 0.717) is 0 Å². The van der Waals surface area contributed by atoms with Gasteiger partial charge in [-0.3, -0.25) is 4.99 Å². The van der Waals surface area contributed by atoms with E-state index in [-0.39, 0.29) is 10.4 Å². The monoisotopic (exact) mass is 299 g/mol. The van der Waals surface area contributed by atoms with Crippen molar-refractivity contribution in [1.82, 2.24) is 0 Å². The van der Waals surface area contributed by atoms with Crippen LogP contribution in [0.15, 0.2) is 34.2 Å². The number of amidine groups is 1. The van der Waals surface area contributed by atoms with Gasteiger partial charge in [0.25, 0.3) is 0 Å². The number of rotatable bonds is 2. The van der Waals surface area contributed by atoms with Crippen LogP contribution in [-0.2, 0) is 10.0 Å². The number of thioether (sulfide) groups is 1. The SMILES string of the molecule is CC1(C)CCSC(Nc2ccc(S(N)(=O)=O)cc2)=N1. The van der Waals surface area contributed by atoms with Crippen molar-refractivity contribution < 1.29 is 8.42 Å². The molecule has 0 aromatic heterocycles. The molecule has 0 bridgehead atoms. The normalized spacial score (nSPS) is 18.8. The number of hydrogen-bond acceptors (Lipinski definition) is 5. The zero-order chi connectivity index (χ0) is 14.1. The lowest BCUT2D eigenvalue weighted by Gasteiger charge is -2.26. The lowest BCUT2D eigenvalue weighted by atomic mass is 10.0. The second-order valence-corrected chi connectivity index (χ2v) is 7.67. The zero-order valence-electron chi connectivity index (χ0n) is 10.9. The van der Waals surface area contributed by atoms with Gasteiger partial charge in [0.15, 0.2) is 5.17 Å². The summed E-state index contributed by atoms with van der Waals surface area (Å²) in [5.41, 5.74) is 0.755. The smallest absolute Gasteiger partial charge is 0.238 e. The van der Waals surface area contributed by atoms with Gasteiger partial charge in [0.1, 0.15) is 0 Å². The van der Waals surface area contributed by atoms with E-state index in [2.05, 4.69) is 24.2 Å². The Morgan fingerprint density at radius 3 is 2.47 bits per heavy atom. The van der Waals surface area contributed by atoms with E-state index in [9.17, 15) is 8.42 Å². The minimum Gasteiger partial charge on any atom is -0.335 e. The number of sulfonamides is 1. The van der Waals surface area contributed by atoms with Gasteiger partial charge in [-0.1, -0.05) is 11.8 Å². The molecule has 0 fully saturated rings. The van der Waals surface area contributed by atoms with Gasteiger partial charge in [-0.2, -0.15) is 0 Å². The topological polar surface area (TPSA) is 84.5 Å². The largest absolute Gasteiger partial charge is 0.335 e. The first-order valence-electron chi connectivity index (χ1n) is 5.89. The molecule has 1 aliphatic heterocycles. The van der Waals surface area contributed by atoms with Gasteiger partial charge in [-0.25, -0.2) is 13.6 Å². The molecule has 0 amide bonds. The summed E-state index contributed by atoms with van der Waals surface area (Å²) >= 11 is 1.67. The number of aliphatic imine (C=N–C) groups is 1. The number of benzene rings is 1. The van der Waals surface area contributed by atoms with Crippen molar-refractivity contribution in [2.24, 2.45) is 10.1 Å². The summed E-state index contributed by atoms with van der Waals surface area (Å²) in [7, 11) is -3.63. The van der Waals surface area contributed by atoms with Crippen LogP contribution in [0.4, 0.5) is 5.69 Å². The Labute approximate surface area is 117 Å². The van der Waals surface area contributed by atoms with Crippen LogP contribution in [0.5, 0.6) is 0 Å². The first kappa shape index (κ1) is 14.4. The molecular weight excluding hydrogens is 282 g/mol. The molecule has 2 rings (SSSR count). The fourth-order valence-electron chi connectivity index (χ4n) is 1.68. The van der Waals surface area contributed by atoms with Gasteiger partial charge in [0.05, 0.1) is 10.4 Å². The predicted octanol–water partition coefficient (Wildman–Crippen LogP) is 2.02. The van der Waals surface area contributed by atoms with Crippen molar-refractivity contribution in [1.29, 1.82) is 0 Å². The van der Waals surface area contributed by atoms with Crippen LogP contribution in [0.1, 0.15) is 20.3 Å². The lowest BCUT2D eigenvalue weighted by molar-refractivity contribution is 0.507. The number of nitrogens with zero attached hydrogens (tertiary/aromatic N) is 1. The molecule has 0 unspecified atom stereocenters. The maximum atomic E-state index is 11.1. The predicted molar refractivity (Wildman–Crippen MR) is 80.0 cm³/mol. The van der Waals surface area contributed by atoms with Crippen molar-refractivity contribution in [2.45, 2.75) is 30.7 Å². The van der Waals surface area contributed by atoms with Crippen LogP contribution in [0.3, 0.4) is 0 Å². The maximum Gasteiger partial charge on any atom is 0.238 e. The lowest BCUT2D eigenvalue weighted by Crippen LogP contribution is -2.27. The molecule has 0 saturated heterocycles. The van der Waals surface area contributed by atoms with Gasteiger partial charge >= 0.3 is 0 Å². The molecule has 0 spiro atoms. The van der Waals surface area contributed by atoms with E-state index < -0.39 is 10.0 Å². The standard InChI is InChI=1S/C12H17N3O2S2/c1-12(2)7-8-18-11(15-12)14-9-3-5-10(6-4-9)19(13,16)17/h3-6H,7-8H2,1-2H3,(H,14,15)(H2,13,16,17). The Bertz CT molecular complexity index is 592. The molecule has 104 valence electrons. The first-order valence-corrected chi connectivity index (χ1v) is 8.42. The van der Waals surface area contributed by atoms with E-state index in [0.717, 1.165) is 23.0 Å². The van der Waals surface area contributed by atoms with E-state index in [1.165, 1.54) is 12.1 Å². The minimum absolute atomic E-state index is 0.0475.